The van der Waals surface area contributed by atoms with Crippen molar-refractivity contribution in [1.29, 1.82) is 0 Å². The Kier molecular flexibility index (Phi) is 4.65. The fraction of sp³-hybridized carbons (Fsp3) is 1.00. The average Bonchev–Trinajstić information content (AvgIpc) is 3.11. The smallest absolute Gasteiger partial charge is 0.214 e. The first-order valence-electron chi connectivity index (χ1n) is 8.08. The third kappa shape index (κ3) is 3.35. The second-order valence-corrected chi connectivity index (χ2v) is 8.55. The van der Waals surface area contributed by atoms with E-state index < -0.39 is 10.0 Å². The second-order valence-electron chi connectivity index (χ2n) is 6.53. The van der Waals surface area contributed by atoms with Gasteiger partial charge in [-0.2, -0.15) is 0 Å². The third-order valence-corrected chi connectivity index (χ3v) is 7.03. The first kappa shape index (κ1) is 14.8. The van der Waals surface area contributed by atoms with E-state index >= 15 is 0 Å². The van der Waals surface area contributed by atoms with Crippen LogP contribution in [0, 0.1) is 5.92 Å². The van der Waals surface area contributed by atoms with Gasteiger partial charge in [-0.05, 0) is 64.2 Å². The van der Waals surface area contributed by atoms with E-state index in [9.17, 15) is 8.42 Å². The van der Waals surface area contributed by atoms with Gasteiger partial charge in [0.1, 0.15) is 0 Å². The summed E-state index contributed by atoms with van der Waals surface area (Å²) in [5, 5.41) is 3.31. The van der Waals surface area contributed by atoms with Crippen molar-refractivity contribution in [3.63, 3.8) is 0 Å². The summed E-state index contributed by atoms with van der Waals surface area (Å²) in [6.45, 7) is 5.67. The maximum atomic E-state index is 12.5. The number of hydrogen-bond donors (Lipinski definition) is 1. The molecule has 2 unspecified atom stereocenters. The Labute approximate surface area is 122 Å². The molecule has 116 valence electrons. The number of piperidine rings is 1. The molecule has 3 heterocycles. The quantitative estimate of drug-likeness (QED) is 0.821. The molecule has 20 heavy (non-hydrogen) atoms. The van der Waals surface area contributed by atoms with Crippen molar-refractivity contribution in [2.24, 2.45) is 5.92 Å². The summed E-state index contributed by atoms with van der Waals surface area (Å²) in [5.74, 6) is 0.645. The highest BCUT2D eigenvalue weighted by Crippen LogP contribution is 2.24. The monoisotopic (exact) mass is 301 g/mol. The molecule has 1 N–H and O–H groups in total. The molecule has 0 radical (unpaired) electrons. The number of nitrogens with one attached hydrogen (secondary N) is 1. The summed E-state index contributed by atoms with van der Waals surface area (Å²) >= 11 is 0. The molecule has 3 saturated heterocycles. The molecule has 3 fully saturated rings. The van der Waals surface area contributed by atoms with Crippen molar-refractivity contribution in [3.05, 3.63) is 0 Å². The Morgan fingerprint density at radius 2 is 1.85 bits per heavy atom. The maximum absolute atomic E-state index is 12.5. The first-order valence-corrected chi connectivity index (χ1v) is 9.69. The van der Waals surface area contributed by atoms with Crippen LogP contribution in [0.2, 0.25) is 0 Å². The summed E-state index contributed by atoms with van der Waals surface area (Å²) in [7, 11) is -3.06. The van der Waals surface area contributed by atoms with E-state index in [1.54, 1.807) is 4.31 Å². The van der Waals surface area contributed by atoms with E-state index in [0.29, 0.717) is 17.7 Å². The summed E-state index contributed by atoms with van der Waals surface area (Å²) in [4.78, 5) is 2.48. The van der Waals surface area contributed by atoms with Crippen LogP contribution in [0.3, 0.4) is 0 Å². The number of rotatable bonds is 4. The highest BCUT2D eigenvalue weighted by molar-refractivity contribution is 7.89. The first-order chi connectivity index (χ1) is 9.65. The molecular formula is C14H27N3O2S. The van der Waals surface area contributed by atoms with Crippen LogP contribution in [0.4, 0.5) is 0 Å². The van der Waals surface area contributed by atoms with E-state index in [-0.39, 0.29) is 0 Å². The van der Waals surface area contributed by atoms with Crippen molar-refractivity contribution < 1.29 is 8.42 Å². The Bertz CT molecular complexity index is 414. The van der Waals surface area contributed by atoms with Crippen molar-refractivity contribution in [3.8, 4) is 0 Å². The van der Waals surface area contributed by atoms with E-state index in [1.165, 1.54) is 12.8 Å². The van der Waals surface area contributed by atoms with Crippen molar-refractivity contribution in [1.82, 2.24) is 14.5 Å². The zero-order valence-corrected chi connectivity index (χ0v) is 13.1. The van der Waals surface area contributed by atoms with E-state index in [1.807, 2.05) is 0 Å². The van der Waals surface area contributed by atoms with Crippen LogP contribution in [0.5, 0.6) is 0 Å². The van der Waals surface area contributed by atoms with Gasteiger partial charge in [-0.25, -0.2) is 12.7 Å². The standard InChI is InChI=1S/C14H27N3O2S/c18-20(19,12-13-4-3-6-15-10-13)17-9-5-14(11-17)16-7-1-2-8-16/h13-15H,1-12H2. The number of nitrogens with zero attached hydrogens (tertiary/aromatic N) is 2. The minimum Gasteiger partial charge on any atom is -0.316 e. The Morgan fingerprint density at radius 1 is 1.05 bits per heavy atom. The van der Waals surface area contributed by atoms with Gasteiger partial charge in [-0.3, -0.25) is 4.90 Å². The van der Waals surface area contributed by atoms with Gasteiger partial charge < -0.3 is 5.32 Å². The van der Waals surface area contributed by atoms with Crippen LogP contribution in [0.1, 0.15) is 32.1 Å². The summed E-state index contributed by atoms with van der Waals surface area (Å²) in [6, 6.07) is 0.469. The molecule has 0 saturated carbocycles. The minimum atomic E-state index is -3.06. The Balaban J connectivity index is 1.55. The lowest BCUT2D eigenvalue weighted by molar-refractivity contribution is 0.250. The van der Waals surface area contributed by atoms with Crippen LogP contribution < -0.4 is 5.32 Å². The van der Waals surface area contributed by atoms with Gasteiger partial charge in [0.2, 0.25) is 10.0 Å². The molecule has 3 aliphatic rings. The fourth-order valence-corrected chi connectivity index (χ4v) is 5.71. The lowest BCUT2D eigenvalue weighted by atomic mass is 10.0. The van der Waals surface area contributed by atoms with Crippen molar-refractivity contribution >= 4 is 10.0 Å². The Morgan fingerprint density at radius 3 is 2.55 bits per heavy atom. The van der Waals surface area contributed by atoms with Crippen molar-refractivity contribution in [2.45, 2.75) is 38.1 Å². The molecule has 3 aliphatic heterocycles. The van der Waals surface area contributed by atoms with E-state index in [0.717, 1.165) is 58.5 Å². The molecule has 2 atom stereocenters. The van der Waals surface area contributed by atoms with Crippen LogP contribution in [0.15, 0.2) is 0 Å². The molecule has 3 rings (SSSR count). The molecule has 0 spiro atoms. The largest absolute Gasteiger partial charge is 0.316 e. The normalized spacial score (nSPS) is 33.8. The molecule has 0 aromatic carbocycles. The average molecular weight is 301 g/mol. The number of likely N-dealkylation sites (tertiary alicyclic amines) is 1. The third-order valence-electron chi connectivity index (χ3n) is 5.02. The zero-order valence-electron chi connectivity index (χ0n) is 12.3. The molecule has 0 aliphatic carbocycles. The van der Waals surface area contributed by atoms with Crippen LogP contribution >= 0.6 is 0 Å². The summed E-state index contributed by atoms with van der Waals surface area (Å²) < 4.78 is 26.8. The predicted molar refractivity (Wildman–Crippen MR) is 80.2 cm³/mol. The van der Waals surface area contributed by atoms with Crippen LogP contribution in [0.25, 0.3) is 0 Å². The highest BCUT2D eigenvalue weighted by atomic mass is 32.2. The summed E-state index contributed by atoms with van der Waals surface area (Å²) in [6.07, 6.45) is 5.72. The van der Waals surface area contributed by atoms with Gasteiger partial charge in [0.25, 0.3) is 0 Å². The van der Waals surface area contributed by atoms with Gasteiger partial charge in [0, 0.05) is 19.1 Å². The highest BCUT2D eigenvalue weighted by Gasteiger charge is 2.36. The Hall–Kier alpha value is -0.170. The molecule has 0 bridgehead atoms. The minimum absolute atomic E-state index is 0.305. The fourth-order valence-electron chi connectivity index (χ4n) is 3.84. The lowest BCUT2D eigenvalue weighted by Crippen LogP contribution is -2.41. The van der Waals surface area contributed by atoms with Gasteiger partial charge in [-0.15, -0.1) is 0 Å². The SMILES string of the molecule is O=S(=O)(CC1CCCNC1)N1CCC(N2CCCC2)C1. The molecule has 0 amide bonds. The van der Waals surface area contributed by atoms with E-state index in [2.05, 4.69) is 10.2 Å². The van der Waals surface area contributed by atoms with Crippen LogP contribution in [-0.2, 0) is 10.0 Å². The summed E-state index contributed by atoms with van der Waals surface area (Å²) in [5.41, 5.74) is 0. The van der Waals surface area contributed by atoms with Gasteiger partial charge in [0.05, 0.1) is 5.75 Å². The number of sulfonamides is 1. The number of hydrogen-bond acceptors (Lipinski definition) is 4. The maximum Gasteiger partial charge on any atom is 0.214 e. The molecular weight excluding hydrogens is 274 g/mol. The van der Waals surface area contributed by atoms with Gasteiger partial charge in [0.15, 0.2) is 0 Å². The molecule has 0 aromatic rings. The second kappa shape index (κ2) is 6.30. The predicted octanol–water partition coefficient (Wildman–Crippen LogP) is 0.486. The van der Waals surface area contributed by atoms with Crippen molar-refractivity contribution in [2.75, 3.05) is 45.0 Å². The van der Waals surface area contributed by atoms with Gasteiger partial charge in [-0.1, -0.05) is 0 Å². The van der Waals surface area contributed by atoms with Gasteiger partial charge >= 0.3 is 0 Å². The van der Waals surface area contributed by atoms with E-state index in [4.69, 9.17) is 0 Å². The molecule has 5 nitrogen and oxygen atoms in total. The topological polar surface area (TPSA) is 52.7 Å². The zero-order chi connectivity index (χ0) is 14.0. The van der Waals surface area contributed by atoms with Crippen LogP contribution in [-0.4, -0.2) is 68.7 Å². The lowest BCUT2D eigenvalue weighted by Gasteiger charge is -2.26. The molecule has 6 heteroatoms. The molecule has 0 aromatic heterocycles.